The molecule has 0 atom stereocenters. The largest absolute Gasteiger partial charge is 0.337 e. The molecule has 0 spiro atoms. The predicted octanol–water partition coefficient (Wildman–Crippen LogP) is 0.926. The highest BCUT2D eigenvalue weighted by Gasteiger charge is 2.13. The third-order valence-electron chi connectivity index (χ3n) is 2.74. The third-order valence-corrected chi connectivity index (χ3v) is 2.74. The fraction of sp³-hybridized carbons (Fsp3) is 0.500. The second kappa shape index (κ2) is 7.84. The molecule has 1 aromatic carbocycles. The molecule has 0 fully saturated rings. The van der Waals surface area contributed by atoms with E-state index in [1.807, 2.05) is 54.2 Å². The molecule has 0 radical (unpaired) electrons. The molecule has 100 valence electrons. The Bertz CT molecular complexity index is 351. The quantitative estimate of drug-likeness (QED) is 0.782. The molecule has 0 aliphatic carbocycles. The van der Waals surface area contributed by atoms with Crippen LogP contribution in [-0.4, -0.2) is 49.4 Å². The average Bonchev–Trinajstić information content (AvgIpc) is 2.36. The Balaban J connectivity index is 2.56. The van der Waals surface area contributed by atoms with Crippen LogP contribution in [0.4, 0.5) is 0 Å². The molecular formula is C14H23N3O. The van der Waals surface area contributed by atoms with E-state index in [0.29, 0.717) is 26.1 Å². The number of carbonyl (C=O) groups excluding carboxylic acids is 1. The van der Waals surface area contributed by atoms with E-state index in [0.717, 1.165) is 12.1 Å². The zero-order valence-electron chi connectivity index (χ0n) is 11.3. The highest BCUT2D eigenvalue weighted by atomic mass is 16.2. The molecule has 18 heavy (non-hydrogen) atoms. The number of benzene rings is 1. The van der Waals surface area contributed by atoms with Crippen molar-refractivity contribution in [3.8, 4) is 0 Å². The summed E-state index contributed by atoms with van der Waals surface area (Å²) in [5.74, 6) is 0.165. The van der Waals surface area contributed by atoms with Gasteiger partial charge in [-0.3, -0.25) is 4.79 Å². The van der Waals surface area contributed by atoms with E-state index in [1.54, 1.807) is 0 Å². The molecule has 1 rings (SSSR count). The van der Waals surface area contributed by atoms with Crippen LogP contribution < -0.4 is 5.73 Å². The topological polar surface area (TPSA) is 49.6 Å². The first-order valence-corrected chi connectivity index (χ1v) is 6.30. The number of carbonyl (C=O) groups is 1. The lowest BCUT2D eigenvalue weighted by atomic mass is 10.2. The van der Waals surface area contributed by atoms with Gasteiger partial charge in [0.05, 0.1) is 0 Å². The van der Waals surface area contributed by atoms with Gasteiger partial charge in [-0.15, -0.1) is 0 Å². The SMILES string of the molecule is CN(C)CCC(=O)N(CCN)Cc1ccccc1. The number of nitrogens with zero attached hydrogens (tertiary/aromatic N) is 2. The lowest BCUT2D eigenvalue weighted by Crippen LogP contribution is -2.36. The van der Waals surface area contributed by atoms with Gasteiger partial charge in [-0.1, -0.05) is 30.3 Å². The maximum absolute atomic E-state index is 12.1. The number of amides is 1. The zero-order chi connectivity index (χ0) is 13.4. The molecule has 0 bridgehead atoms. The van der Waals surface area contributed by atoms with Crippen molar-refractivity contribution in [1.82, 2.24) is 9.80 Å². The van der Waals surface area contributed by atoms with E-state index in [9.17, 15) is 4.79 Å². The smallest absolute Gasteiger partial charge is 0.224 e. The van der Waals surface area contributed by atoms with Crippen LogP contribution in [-0.2, 0) is 11.3 Å². The molecule has 1 amide bonds. The lowest BCUT2D eigenvalue weighted by Gasteiger charge is -2.23. The number of rotatable bonds is 7. The van der Waals surface area contributed by atoms with Crippen molar-refractivity contribution in [2.45, 2.75) is 13.0 Å². The summed E-state index contributed by atoms with van der Waals surface area (Å²) in [6.07, 6.45) is 0.542. The summed E-state index contributed by atoms with van der Waals surface area (Å²) in [5, 5.41) is 0. The molecule has 0 heterocycles. The standard InChI is InChI=1S/C14H23N3O/c1-16(2)10-8-14(18)17(11-9-15)12-13-6-4-3-5-7-13/h3-7H,8-12,15H2,1-2H3. The van der Waals surface area contributed by atoms with Gasteiger partial charge in [0.15, 0.2) is 0 Å². The molecule has 0 unspecified atom stereocenters. The minimum atomic E-state index is 0.165. The van der Waals surface area contributed by atoms with E-state index in [2.05, 4.69) is 0 Å². The van der Waals surface area contributed by atoms with E-state index in [-0.39, 0.29) is 5.91 Å². The second-order valence-corrected chi connectivity index (χ2v) is 4.64. The van der Waals surface area contributed by atoms with Crippen molar-refractivity contribution < 1.29 is 4.79 Å². The summed E-state index contributed by atoms with van der Waals surface area (Å²) in [4.78, 5) is 15.9. The number of nitrogens with two attached hydrogens (primary N) is 1. The fourth-order valence-electron chi connectivity index (χ4n) is 1.73. The predicted molar refractivity (Wildman–Crippen MR) is 74.1 cm³/mol. The van der Waals surface area contributed by atoms with E-state index in [4.69, 9.17) is 5.73 Å². The van der Waals surface area contributed by atoms with Crippen molar-refractivity contribution >= 4 is 5.91 Å². The lowest BCUT2D eigenvalue weighted by molar-refractivity contribution is -0.132. The summed E-state index contributed by atoms with van der Waals surface area (Å²) in [6, 6.07) is 10.0. The molecule has 2 N–H and O–H groups in total. The van der Waals surface area contributed by atoms with Crippen LogP contribution in [0, 0.1) is 0 Å². The summed E-state index contributed by atoms with van der Waals surface area (Å²) >= 11 is 0. The van der Waals surface area contributed by atoms with Gasteiger partial charge in [-0.05, 0) is 19.7 Å². The Morgan fingerprint density at radius 1 is 1.17 bits per heavy atom. The summed E-state index contributed by atoms with van der Waals surface area (Å²) in [7, 11) is 3.94. The van der Waals surface area contributed by atoms with Crippen LogP contribution >= 0.6 is 0 Å². The van der Waals surface area contributed by atoms with Crippen LogP contribution in [0.15, 0.2) is 30.3 Å². The highest BCUT2D eigenvalue weighted by Crippen LogP contribution is 2.05. The Kier molecular flexibility index (Phi) is 6.39. The van der Waals surface area contributed by atoms with Gasteiger partial charge in [-0.2, -0.15) is 0 Å². The average molecular weight is 249 g/mol. The number of hydrogen-bond acceptors (Lipinski definition) is 3. The van der Waals surface area contributed by atoms with E-state index >= 15 is 0 Å². The Hall–Kier alpha value is -1.39. The molecule has 0 saturated carbocycles. The van der Waals surface area contributed by atoms with Crippen molar-refractivity contribution in [2.75, 3.05) is 33.7 Å². The maximum atomic E-state index is 12.1. The fourth-order valence-corrected chi connectivity index (χ4v) is 1.73. The normalized spacial score (nSPS) is 10.7. The molecule has 4 heteroatoms. The Morgan fingerprint density at radius 2 is 1.83 bits per heavy atom. The van der Waals surface area contributed by atoms with Gasteiger partial charge in [0.2, 0.25) is 5.91 Å². The van der Waals surface area contributed by atoms with Gasteiger partial charge in [-0.25, -0.2) is 0 Å². The highest BCUT2D eigenvalue weighted by molar-refractivity contribution is 5.76. The minimum Gasteiger partial charge on any atom is -0.337 e. The van der Waals surface area contributed by atoms with Crippen LogP contribution in [0.5, 0.6) is 0 Å². The molecule has 1 aromatic rings. The van der Waals surface area contributed by atoms with Crippen molar-refractivity contribution in [1.29, 1.82) is 0 Å². The van der Waals surface area contributed by atoms with Crippen LogP contribution in [0.2, 0.25) is 0 Å². The summed E-state index contributed by atoms with van der Waals surface area (Å²) < 4.78 is 0. The van der Waals surface area contributed by atoms with Crippen molar-refractivity contribution in [2.24, 2.45) is 5.73 Å². The van der Waals surface area contributed by atoms with Gasteiger partial charge < -0.3 is 15.5 Å². The Morgan fingerprint density at radius 3 is 2.39 bits per heavy atom. The molecule has 0 saturated heterocycles. The van der Waals surface area contributed by atoms with Crippen molar-refractivity contribution in [3.05, 3.63) is 35.9 Å². The number of hydrogen-bond donors (Lipinski definition) is 1. The van der Waals surface area contributed by atoms with Gasteiger partial charge in [0, 0.05) is 32.6 Å². The van der Waals surface area contributed by atoms with E-state index in [1.165, 1.54) is 0 Å². The molecule has 0 aliphatic heterocycles. The first kappa shape index (κ1) is 14.7. The summed E-state index contributed by atoms with van der Waals surface area (Å²) in [6.45, 7) is 2.53. The van der Waals surface area contributed by atoms with Crippen LogP contribution in [0.1, 0.15) is 12.0 Å². The van der Waals surface area contributed by atoms with E-state index < -0.39 is 0 Å². The first-order chi connectivity index (χ1) is 8.63. The van der Waals surface area contributed by atoms with Crippen LogP contribution in [0.25, 0.3) is 0 Å². The van der Waals surface area contributed by atoms with Gasteiger partial charge in [0.1, 0.15) is 0 Å². The maximum Gasteiger partial charge on any atom is 0.224 e. The Labute approximate surface area is 109 Å². The van der Waals surface area contributed by atoms with Crippen molar-refractivity contribution in [3.63, 3.8) is 0 Å². The third kappa shape index (κ3) is 5.29. The molecular weight excluding hydrogens is 226 g/mol. The monoisotopic (exact) mass is 249 g/mol. The molecule has 0 aliphatic rings. The molecule has 0 aromatic heterocycles. The molecule has 4 nitrogen and oxygen atoms in total. The first-order valence-electron chi connectivity index (χ1n) is 6.30. The van der Waals surface area contributed by atoms with Gasteiger partial charge >= 0.3 is 0 Å². The minimum absolute atomic E-state index is 0.165. The zero-order valence-corrected chi connectivity index (χ0v) is 11.3. The summed E-state index contributed by atoms with van der Waals surface area (Å²) in [5.41, 5.74) is 6.72. The second-order valence-electron chi connectivity index (χ2n) is 4.64. The van der Waals surface area contributed by atoms with Crippen LogP contribution in [0.3, 0.4) is 0 Å². The van der Waals surface area contributed by atoms with Gasteiger partial charge in [0.25, 0.3) is 0 Å².